The third kappa shape index (κ3) is 8.84. The number of benzene rings is 8. The molecule has 0 aliphatic heterocycles. The largest absolute Gasteiger partial charge is 1.00 e. The van der Waals surface area contributed by atoms with Crippen molar-refractivity contribution >= 4 is 3.21 Å². The zero-order valence-electron chi connectivity index (χ0n) is 38.5. The Kier molecular flexibility index (Phi) is 13.1. The minimum atomic E-state index is -3.38. The van der Waals surface area contributed by atoms with Crippen LogP contribution in [0.5, 0.6) is 0 Å². The Morgan fingerprint density at radius 3 is 1.44 bits per heavy atom. The molecule has 3 heteroatoms. The van der Waals surface area contributed by atoms with E-state index >= 15 is 0 Å². The molecule has 10 rings (SSSR count). The summed E-state index contributed by atoms with van der Waals surface area (Å²) >= 11 is -3.38. The summed E-state index contributed by atoms with van der Waals surface area (Å²) in [6.07, 6.45) is 8.10. The van der Waals surface area contributed by atoms with Crippen LogP contribution in [0, 0.1) is 0 Å². The zero-order chi connectivity index (χ0) is 43.8. The van der Waals surface area contributed by atoms with Gasteiger partial charge in [0.05, 0.1) is 0 Å². The number of fused-ring (bicyclic) bond motifs is 3. The van der Waals surface area contributed by atoms with E-state index in [1.165, 1.54) is 50.1 Å². The van der Waals surface area contributed by atoms with Crippen molar-refractivity contribution in [3.63, 3.8) is 0 Å². The second-order valence-electron chi connectivity index (χ2n) is 17.7. The number of hydrogen-bond donors (Lipinski definition) is 0. The van der Waals surface area contributed by atoms with E-state index in [-0.39, 0.29) is 45.7 Å². The maximum absolute atomic E-state index is 9.28. The summed E-state index contributed by atoms with van der Waals surface area (Å²) in [6, 6.07) is 74.5. The van der Waals surface area contributed by atoms with Gasteiger partial charge in [0, 0.05) is 0 Å². The first-order valence-corrected chi connectivity index (χ1v) is 25.9. The second kappa shape index (κ2) is 19.8. The Hall–Kier alpha value is -5.43. The molecule has 0 fully saturated rings. The van der Waals surface area contributed by atoms with E-state index in [9.17, 15) is 1.37 Å². The van der Waals surface area contributed by atoms with Crippen LogP contribution < -0.4 is 24.8 Å². The molecule has 64 heavy (non-hydrogen) atoms. The predicted molar refractivity (Wildman–Crippen MR) is 260 cm³/mol. The Morgan fingerprint density at radius 2 is 0.969 bits per heavy atom. The molecule has 0 amide bonds. The van der Waals surface area contributed by atoms with Gasteiger partial charge in [-0.15, -0.1) is 0 Å². The molecule has 0 N–H and O–H groups in total. The molecule has 314 valence electrons. The quantitative estimate of drug-likeness (QED) is 0.128. The molecule has 0 saturated heterocycles. The van der Waals surface area contributed by atoms with Gasteiger partial charge in [-0.25, -0.2) is 0 Å². The van der Waals surface area contributed by atoms with Gasteiger partial charge < -0.3 is 24.8 Å². The van der Waals surface area contributed by atoms with Crippen LogP contribution in [0.1, 0.15) is 84.3 Å². The maximum atomic E-state index is 9.28. The van der Waals surface area contributed by atoms with Gasteiger partial charge >= 0.3 is 381 Å². The van der Waals surface area contributed by atoms with Crippen molar-refractivity contribution in [1.29, 1.82) is 0 Å². The molecule has 0 spiro atoms. The minimum absolute atomic E-state index is 0. The fraction of sp³-hybridized carbons (Fsp3) is 0.131. The van der Waals surface area contributed by atoms with Gasteiger partial charge in [0.1, 0.15) is 0 Å². The van der Waals surface area contributed by atoms with Gasteiger partial charge in [-0.1, -0.05) is 0 Å². The van der Waals surface area contributed by atoms with E-state index in [0.717, 1.165) is 28.7 Å². The molecule has 0 aromatic heterocycles. The number of hydrogen-bond acceptors (Lipinski definition) is 0. The predicted octanol–water partition coefficient (Wildman–Crippen LogP) is 9.69. The Morgan fingerprint density at radius 1 is 0.500 bits per heavy atom. The van der Waals surface area contributed by atoms with Gasteiger partial charge in [-0.05, 0) is 0 Å². The summed E-state index contributed by atoms with van der Waals surface area (Å²) in [6.45, 7) is 6.93. The Bertz CT molecular complexity index is 2920. The first kappa shape index (κ1) is 42.5. The molecular formula is C61H52Cl2Zr. The second-order valence-corrected chi connectivity index (χ2v) is 24.2. The summed E-state index contributed by atoms with van der Waals surface area (Å²) in [4.78, 5) is 0. The summed E-state index contributed by atoms with van der Waals surface area (Å²) in [5.41, 5.74) is 15.8. The van der Waals surface area contributed by atoms with E-state index in [0.29, 0.717) is 12.1 Å². The van der Waals surface area contributed by atoms with Crippen molar-refractivity contribution in [3.8, 4) is 33.4 Å². The van der Waals surface area contributed by atoms with Crippen molar-refractivity contribution in [1.82, 2.24) is 0 Å². The van der Waals surface area contributed by atoms with Gasteiger partial charge in [0.25, 0.3) is 0 Å². The van der Waals surface area contributed by atoms with Crippen LogP contribution in [0.25, 0.3) is 33.4 Å². The number of halogens is 2. The third-order valence-corrected chi connectivity index (χ3v) is 21.4. The first-order valence-electron chi connectivity index (χ1n) is 23.0. The van der Waals surface area contributed by atoms with Crippen LogP contribution in [0.4, 0.5) is 0 Å². The van der Waals surface area contributed by atoms with E-state index in [4.69, 9.17) is 1.37 Å². The van der Waals surface area contributed by atoms with Crippen molar-refractivity contribution in [2.24, 2.45) is 0 Å². The van der Waals surface area contributed by atoms with Crippen LogP contribution in [0.2, 0.25) is 0 Å². The molecule has 0 bridgehead atoms. The molecule has 1 atom stereocenters. The molecule has 0 nitrogen and oxygen atoms in total. The molecule has 2 aliphatic carbocycles. The van der Waals surface area contributed by atoms with Crippen molar-refractivity contribution < 1.29 is 48.8 Å². The monoisotopic (exact) mass is 946 g/mol. The van der Waals surface area contributed by atoms with E-state index in [1.54, 1.807) is 6.49 Å². The van der Waals surface area contributed by atoms with Crippen LogP contribution in [0.3, 0.4) is 0 Å². The first-order chi connectivity index (χ1) is 31.3. The Labute approximate surface area is 403 Å². The Balaban J connectivity index is 0.00000296. The molecule has 8 aromatic rings. The van der Waals surface area contributed by atoms with Crippen LogP contribution in [0.15, 0.2) is 234 Å². The standard InChI is InChI=1S/C29H25.C27H22.C5H5.2ClH.Zr/c1-29(2,3)28-19-26-24(18-27(28)21-12-8-5-9-13-21)17-23-16-22(14-15-25(23)26)20-10-6-4-7-11-20;1-5-13-22(14-6-1)26(23-15-7-2-8-16-23)21-27(24-17-9-3-10-18-24)25-19-11-4-12-20-25;1-2-4-5-3-1;;;/h4-19H,1-3H3;1-20,26-27H;1-3H,4H2;2*1H;/q;;;;;+2/p-2/i10D,12D;;;;;. The van der Waals surface area contributed by atoms with Gasteiger partial charge in [-0.2, -0.15) is 0 Å². The molecular weight excluding hydrogens is 895 g/mol. The average Bonchev–Trinajstić information content (AvgIpc) is 3.97. The van der Waals surface area contributed by atoms with Gasteiger partial charge in [0.15, 0.2) is 0 Å². The van der Waals surface area contributed by atoms with Crippen LogP contribution in [-0.4, -0.2) is 3.21 Å². The van der Waals surface area contributed by atoms with Crippen molar-refractivity contribution in [3.05, 3.63) is 273 Å². The van der Waals surface area contributed by atoms with Gasteiger partial charge in [-0.3, -0.25) is 0 Å². The SMILES string of the molecule is [2H]c1ccccc1-c1ccc2c(c1)[CH]([Zr+2]([C]1=CC=CC1)=[C](C(c1ccccc1)c1ccccc1)C(c1ccccc1)c1ccccc1)c1cc(-c3ccccc3[2H])c(C(C)(C)C)cc1-2.[Cl-].[Cl-]. The molecule has 0 heterocycles. The average molecular weight is 949 g/mol. The summed E-state index contributed by atoms with van der Waals surface area (Å²) < 4.78 is 21.7. The van der Waals surface area contributed by atoms with Crippen LogP contribution in [-0.2, 0) is 26.7 Å². The van der Waals surface area contributed by atoms with Crippen molar-refractivity contribution in [2.45, 2.75) is 48.1 Å². The van der Waals surface area contributed by atoms with Crippen LogP contribution >= 0.6 is 0 Å². The van der Waals surface area contributed by atoms with E-state index in [1.807, 2.05) is 24.3 Å². The minimum Gasteiger partial charge on any atom is -1.00 e. The van der Waals surface area contributed by atoms with Crippen molar-refractivity contribution in [2.75, 3.05) is 0 Å². The normalized spacial score (nSPS) is 14.0. The maximum Gasteiger partial charge on any atom is -1.00 e. The molecule has 0 radical (unpaired) electrons. The van der Waals surface area contributed by atoms with Gasteiger partial charge in [0.2, 0.25) is 0 Å². The number of rotatable bonds is 10. The fourth-order valence-electron chi connectivity index (χ4n) is 10.1. The molecule has 1 unspecified atom stereocenters. The summed E-state index contributed by atoms with van der Waals surface area (Å²) in [5, 5.41) is 0. The topological polar surface area (TPSA) is 0 Å². The zero-order valence-corrected chi connectivity index (χ0v) is 40.4. The summed E-state index contributed by atoms with van der Waals surface area (Å²) in [5.74, 6) is 0.0197. The van der Waals surface area contributed by atoms with E-state index < -0.39 is 21.3 Å². The summed E-state index contributed by atoms with van der Waals surface area (Å²) in [7, 11) is 0. The number of allylic oxidation sites excluding steroid dienone is 4. The van der Waals surface area contributed by atoms with E-state index in [2.05, 4.69) is 215 Å². The molecule has 2 aliphatic rings. The fourth-order valence-corrected chi connectivity index (χ4v) is 20.1. The third-order valence-electron chi connectivity index (χ3n) is 12.9. The smallest absolute Gasteiger partial charge is 1.00 e. The molecule has 0 saturated carbocycles. The molecule has 8 aromatic carbocycles.